The Balaban J connectivity index is 1.54. The van der Waals surface area contributed by atoms with Gasteiger partial charge in [0.1, 0.15) is 11.6 Å². The van der Waals surface area contributed by atoms with E-state index in [2.05, 4.69) is 31.0 Å². The van der Waals surface area contributed by atoms with Crippen LogP contribution in [-0.4, -0.2) is 47.6 Å². The molecule has 1 saturated carbocycles. The second kappa shape index (κ2) is 5.88. The van der Waals surface area contributed by atoms with E-state index in [0.717, 1.165) is 29.9 Å². The molecule has 0 spiro atoms. The molecule has 0 bridgehead atoms. The molecule has 1 aliphatic rings. The van der Waals surface area contributed by atoms with Gasteiger partial charge in [-0.3, -0.25) is 0 Å². The summed E-state index contributed by atoms with van der Waals surface area (Å²) in [5, 5.41) is 24.3. The lowest BCUT2D eigenvalue weighted by atomic mass is 10.6. The molecule has 3 rings (SSSR count). The Morgan fingerprint density at radius 3 is 2.85 bits per heavy atom. The zero-order chi connectivity index (χ0) is 13.9. The van der Waals surface area contributed by atoms with Crippen LogP contribution in [0.25, 0.3) is 0 Å². The van der Waals surface area contributed by atoms with Crippen molar-refractivity contribution in [2.45, 2.75) is 43.3 Å². The third kappa shape index (κ3) is 3.15. The molecule has 0 aromatic carbocycles. The molecule has 108 valence electrons. The van der Waals surface area contributed by atoms with E-state index in [-0.39, 0.29) is 0 Å². The summed E-state index contributed by atoms with van der Waals surface area (Å²) in [6.45, 7) is 3.64. The maximum absolute atomic E-state index is 4.14. The molecule has 1 aliphatic carbocycles. The number of nitrogens with one attached hydrogen (secondary N) is 1. The van der Waals surface area contributed by atoms with Gasteiger partial charge in [0.15, 0.2) is 0 Å². The second-order valence-corrected chi connectivity index (χ2v) is 5.87. The lowest BCUT2D eigenvalue weighted by Gasteiger charge is -2.05. The van der Waals surface area contributed by atoms with Gasteiger partial charge in [-0.2, -0.15) is 0 Å². The molecule has 0 radical (unpaired) electrons. The Morgan fingerprint density at radius 1 is 1.30 bits per heavy atom. The summed E-state index contributed by atoms with van der Waals surface area (Å²) in [7, 11) is 1.97. The quantitative estimate of drug-likeness (QED) is 0.728. The third-order valence-corrected chi connectivity index (χ3v) is 4.30. The molecular formula is C11H18N8S. The van der Waals surface area contributed by atoms with Gasteiger partial charge in [-0.25, -0.2) is 4.68 Å². The molecule has 0 unspecified atom stereocenters. The minimum absolute atomic E-state index is 0.712. The summed E-state index contributed by atoms with van der Waals surface area (Å²) in [6, 6.07) is 0.712. The van der Waals surface area contributed by atoms with Crippen LogP contribution in [0.2, 0.25) is 0 Å². The van der Waals surface area contributed by atoms with Gasteiger partial charge >= 0.3 is 0 Å². The van der Waals surface area contributed by atoms with Crippen molar-refractivity contribution in [3.05, 3.63) is 11.6 Å². The summed E-state index contributed by atoms with van der Waals surface area (Å²) < 4.78 is 3.82. The standard InChI is InChI=1S/C11H18N8S/c1-8-13-14-10(18(8)2)7-20-11-15-16-17-19(11)6-5-12-9-3-4-9/h9,12H,3-7H2,1-2H3. The van der Waals surface area contributed by atoms with E-state index >= 15 is 0 Å². The van der Waals surface area contributed by atoms with Gasteiger partial charge in [0.25, 0.3) is 0 Å². The van der Waals surface area contributed by atoms with E-state index in [0.29, 0.717) is 11.8 Å². The molecule has 0 atom stereocenters. The lowest BCUT2D eigenvalue weighted by Crippen LogP contribution is -2.22. The number of thioether (sulfide) groups is 1. The van der Waals surface area contributed by atoms with Crippen molar-refractivity contribution in [3.8, 4) is 0 Å². The Morgan fingerprint density at radius 2 is 2.15 bits per heavy atom. The average molecular weight is 294 g/mol. The highest BCUT2D eigenvalue weighted by atomic mass is 32.2. The first-order chi connectivity index (χ1) is 9.74. The zero-order valence-electron chi connectivity index (χ0n) is 11.7. The van der Waals surface area contributed by atoms with Crippen molar-refractivity contribution in [2.24, 2.45) is 7.05 Å². The first-order valence-corrected chi connectivity index (χ1v) is 7.70. The number of hydrogen-bond acceptors (Lipinski definition) is 7. The van der Waals surface area contributed by atoms with Crippen LogP contribution in [0.1, 0.15) is 24.5 Å². The molecule has 1 fully saturated rings. The minimum Gasteiger partial charge on any atom is -0.318 e. The smallest absolute Gasteiger partial charge is 0.209 e. The number of aromatic nitrogens is 7. The fraction of sp³-hybridized carbons (Fsp3) is 0.727. The van der Waals surface area contributed by atoms with E-state index in [1.54, 1.807) is 11.8 Å². The average Bonchev–Trinajstić information content (AvgIpc) is 3.07. The first kappa shape index (κ1) is 13.5. The minimum atomic E-state index is 0.712. The predicted molar refractivity (Wildman–Crippen MR) is 74.1 cm³/mol. The Labute approximate surface area is 121 Å². The fourth-order valence-electron chi connectivity index (χ4n) is 1.81. The largest absolute Gasteiger partial charge is 0.318 e. The number of rotatable bonds is 7. The monoisotopic (exact) mass is 294 g/mol. The zero-order valence-corrected chi connectivity index (χ0v) is 12.5. The molecule has 8 nitrogen and oxygen atoms in total. The van der Waals surface area contributed by atoms with E-state index in [1.165, 1.54) is 12.8 Å². The summed E-state index contributed by atoms with van der Waals surface area (Å²) in [4.78, 5) is 0. The second-order valence-electron chi connectivity index (χ2n) is 4.92. The maximum Gasteiger partial charge on any atom is 0.209 e. The molecule has 2 heterocycles. The number of tetrazole rings is 1. The molecule has 0 saturated heterocycles. The Kier molecular flexibility index (Phi) is 3.97. The topological polar surface area (TPSA) is 86.3 Å². The molecular weight excluding hydrogens is 276 g/mol. The van der Waals surface area contributed by atoms with Gasteiger partial charge in [-0.1, -0.05) is 11.8 Å². The maximum atomic E-state index is 4.14. The highest BCUT2D eigenvalue weighted by molar-refractivity contribution is 7.98. The molecule has 2 aromatic rings. The van der Waals surface area contributed by atoms with Crippen LogP contribution in [0.15, 0.2) is 5.16 Å². The van der Waals surface area contributed by atoms with E-state index in [4.69, 9.17) is 0 Å². The molecule has 9 heteroatoms. The normalized spacial score (nSPS) is 14.9. The van der Waals surface area contributed by atoms with Crippen molar-refractivity contribution in [2.75, 3.05) is 6.54 Å². The molecule has 0 amide bonds. The van der Waals surface area contributed by atoms with Gasteiger partial charge in [-0.05, 0) is 30.2 Å². The third-order valence-electron chi connectivity index (χ3n) is 3.35. The van der Waals surface area contributed by atoms with Crippen molar-refractivity contribution in [3.63, 3.8) is 0 Å². The predicted octanol–water partition coefficient (Wildman–Crippen LogP) is 0.154. The van der Waals surface area contributed by atoms with Gasteiger partial charge in [0.05, 0.1) is 12.3 Å². The van der Waals surface area contributed by atoms with Gasteiger partial charge in [-0.15, -0.1) is 15.3 Å². The Bertz CT molecular complexity index is 573. The number of nitrogens with zero attached hydrogens (tertiary/aromatic N) is 7. The summed E-state index contributed by atoms with van der Waals surface area (Å²) in [5.41, 5.74) is 0. The van der Waals surface area contributed by atoms with Gasteiger partial charge in [0, 0.05) is 19.6 Å². The van der Waals surface area contributed by atoms with Crippen LogP contribution in [0, 0.1) is 6.92 Å². The summed E-state index contributed by atoms with van der Waals surface area (Å²) in [6.07, 6.45) is 2.59. The van der Waals surface area contributed by atoms with Crippen molar-refractivity contribution >= 4 is 11.8 Å². The van der Waals surface area contributed by atoms with E-state index in [1.807, 2.05) is 23.2 Å². The molecule has 0 aliphatic heterocycles. The van der Waals surface area contributed by atoms with Crippen LogP contribution in [-0.2, 0) is 19.3 Å². The first-order valence-electron chi connectivity index (χ1n) is 6.71. The van der Waals surface area contributed by atoms with E-state index < -0.39 is 0 Å². The fourth-order valence-corrected chi connectivity index (χ4v) is 2.69. The molecule has 1 N–H and O–H groups in total. The number of hydrogen-bond donors (Lipinski definition) is 1. The van der Waals surface area contributed by atoms with Crippen molar-refractivity contribution in [1.29, 1.82) is 0 Å². The summed E-state index contributed by atoms with van der Waals surface area (Å²) >= 11 is 1.58. The van der Waals surface area contributed by atoms with Crippen molar-refractivity contribution in [1.82, 2.24) is 40.3 Å². The van der Waals surface area contributed by atoms with Crippen LogP contribution >= 0.6 is 11.8 Å². The van der Waals surface area contributed by atoms with Crippen LogP contribution in [0.5, 0.6) is 0 Å². The molecule has 2 aromatic heterocycles. The van der Waals surface area contributed by atoms with E-state index in [9.17, 15) is 0 Å². The summed E-state index contributed by atoms with van der Waals surface area (Å²) in [5.74, 6) is 2.56. The van der Waals surface area contributed by atoms with Crippen LogP contribution in [0.4, 0.5) is 0 Å². The number of aryl methyl sites for hydroxylation is 1. The highest BCUT2D eigenvalue weighted by Gasteiger charge is 2.20. The van der Waals surface area contributed by atoms with Crippen LogP contribution in [0.3, 0.4) is 0 Å². The highest BCUT2D eigenvalue weighted by Crippen LogP contribution is 2.20. The Hall–Kier alpha value is -1.48. The van der Waals surface area contributed by atoms with Crippen molar-refractivity contribution < 1.29 is 0 Å². The molecule has 20 heavy (non-hydrogen) atoms. The van der Waals surface area contributed by atoms with Gasteiger partial charge in [0.2, 0.25) is 5.16 Å². The SMILES string of the molecule is Cc1nnc(CSc2nnnn2CCNC2CC2)n1C. The lowest BCUT2D eigenvalue weighted by molar-refractivity contribution is 0.509. The van der Waals surface area contributed by atoms with Crippen LogP contribution < -0.4 is 5.32 Å². The van der Waals surface area contributed by atoms with Gasteiger partial charge < -0.3 is 9.88 Å².